The second-order valence-corrected chi connectivity index (χ2v) is 10.7. The lowest BCUT2D eigenvalue weighted by atomic mass is 10.0. The molecule has 1 fully saturated rings. The number of hydrogen-bond donors (Lipinski definition) is 15. The fourth-order valence-corrected chi connectivity index (χ4v) is 4.46. The van der Waals surface area contributed by atoms with E-state index < -0.39 is 109 Å². The molecule has 2 aliphatic rings. The van der Waals surface area contributed by atoms with Crippen molar-refractivity contribution >= 4 is 47.4 Å². The lowest BCUT2D eigenvalue weighted by molar-refractivity contribution is -0.135. The Balaban J connectivity index is 2.54. The number of nitrogens with one attached hydrogen (secondary N) is 8. The van der Waals surface area contributed by atoms with Gasteiger partial charge in [0.15, 0.2) is 12.2 Å². The van der Waals surface area contributed by atoms with Crippen LogP contribution in [0.1, 0.15) is 25.7 Å². The van der Waals surface area contributed by atoms with E-state index >= 15 is 0 Å². The summed E-state index contributed by atoms with van der Waals surface area (Å²) in [5.74, 6) is -6.65. The van der Waals surface area contributed by atoms with E-state index in [9.17, 15) is 48.9 Å². The largest absolute Gasteiger partial charge is 0.394 e. The first kappa shape index (κ1) is 39.1. The molecule has 0 bridgehead atoms. The Morgan fingerprint density at radius 2 is 1.62 bits per heavy atom. The van der Waals surface area contributed by atoms with Crippen LogP contribution in [0.25, 0.3) is 0 Å². The lowest BCUT2D eigenvalue weighted by Gasteiger charge is -2.33. The van der Waals surface area contributed by atoms with Gasteiger partial charge >= 0.3 is 6.03 Å². The van der Waals surface area contributed by atoms with E-state index in [0.717, 1.165) is 0 Å². The van der Waals surface area contributed by atoms with Gasteiger partial charge in [0.05, 0.1) is 19.3 Å². The normalized spacial score (nSPS) is 27.6. The molecule has 0 aromatic carbocycles. The first-order valence-electron chi connectivity index (χ1n) is 14.7. The summed E-state index contributed by atoms with van der Waals surface area (Å²) in [4.78, 5) is 94.0. The Bertz CT molecular complexity index is 1280. The number of carbonyl (C=O) groups excluding carboxylic acids is 7. The molecule has 2 heterocycles. The monoisotopic (exact) mass is 685 g/mol. The van der Waals surface area contributed by atoms with Crippen LogP contribution in [0.2, 0.25) is 0 Å². The molecule has 23 heteroatoms. The zero-order valence-electron chi connectivity index (χ0n) is 25.7. The standard InChI is InChI=1S/C25H43N13O10/c26-3-1-2-10(27)4-16(41)32-12-6-30-23(47)18(11-5-17(42)37-24(28)36-11)38-20(44)13(7-31-25(29)48)33-21(45)14(8-39)35-22(46)15(9-40)34-19(12)43/h7,10-12,14-15,17-18,39-40,42H,1-6,8-9,26-27H2,(H,30,47)(H,32,41)(H,33,45)(H,34,43)(H,35,46)(H,38,44)(H3,28,36,37)(H3,29,31,48)/b13-7-/t10-,11?,12-,14-,15-,17-,18+/m0/s1. The van der Waals surface area contributed by atoms with Crippen LogP contribution in [0.5, 0.6) is 0 Å². The molecule has 0 aliphatic carbocycles. The molecular weight excluding hydrogens is 642 g/mol. The first-order valence-corrected chi connectivity index (χ1v) is 14.7. The second kappa shape index (κ2) is 18.9. The van der Waals surface area contributed by atoms with Crippen molar-refractivity contribution in [2.75, 3.05) is 26.3 Å². The van der Waals surface area contributed by atoms with Crippen molar-refractivity contribution in [3.05, 3.63) is 11.9 Å². The number of amides is 8. The highest BCUT2D eigenvalue weighted by Crippen LogP contribution is 2.11. The highest BCUT2D eigenvalue weighted by molar-refractivity contribution is 6.02. The summed E-state index contributed by atoms with van der Waals surface area (Å²) in [6.07, 6.45) is -0.339. The first-order chi connectivity index (χ1) is 22.7. The van der Waals surface area contributed by atoms with E-state index in [0.29, 0.717) is 25.6 Å². The fourth-order valence-electron chi connectivity index (χ4n) is 4.46. The van der Waals surface area contributed by atoms with Crippen LogP contribution in [0.4, 0.5) is 4.79 Å². The quantitative estimate of drug-likeness (QED) is 0.0950. The number of primary amides is 1. The van der Waals surface area contributed by atoms with Crippen molar-refractivity contribution in [1.82, 2.24) is 42.5 Å². The van der Waals surface area contributed by atoms with E-state index in [2.05, 4.69) is 42.2 Å². The van der Waals surface area contributed by atoms with Crippen LogP contribution in [0.3, 0.4) is 0 Å². The number of carbonyl (C=O) groups is 7. The van der Waals surface area contributed by atoms with Crippen molar-refractivity contribution in [3.63, 3.8) is 0 Å². The molecule has 0 aromatic heterocycles. The molecule has 23 nitrogen and oxygen atoms in total. The highest BCUT2D eigenvalue weighted by atomic mass is 16.3. The molecule has 1 saturated heterocycles. The van der Waals surface area contributed by atoms with Gasteiger partial charge in [-0.2, -0.15) is 0 Å². The third-order valence-corrected chi connectivity index (χ3v) is 6.91. The van der Waals surface area contributed by atoms with Gasteiger partial charge in [-0.25, -0.2) is 9.79 Å². The molecule has 0 radical (unpaired) electrons. The van der Waals surface area contributed by atoms with Crippen molar-refractivity contribution in [2.24, 2.45) is 27.9 Å². The fraction of sp³-hybridized carbons (Fsp3) is 0.600. The van der Waals surface area contributed by atoms with Gasteiger partial charge in [0, 0.05) is 31.6 Å². The molecule has 268 valence electrons. The van der Waals surface area contributed by atoms with E-state index in [4.69, 9.17) is 22.9 Å². The van der Waals surface area contributed by atoms with E-state index in [1.165, 1.54) is 0 Å². The third-order valence-electron chi connectivity index (χ3n) is 6.91. The second-order valence-electron chi connectivity index (χ2n) is 10.7. The minimum absolute atomic E-state index is 0.245. The Morgan fingerprint density at radius 3 is 2.23 bits per heavy atom. The summed E-state index contributed by atoms with van der Waals surface area (Å²) in [5, 5.41) is 47.9. The summed E-state index contributed by atoms with van der Waals surface area (Å²) >= 11 is 0. The molecule has 2 aliphatic heterocycles. The molecule has 1 unspecified atom stereocenters. The number of nitrogens with zero attached hydrogens (tertiary/aromatic N) is 1. The van der Waals surface area contributed by atoms with Crippen molar-refractivity contribution < 1.29 is 48.9 Å². The van der Waals surface area contributed by atoms with E-state index in [1.807, 2.05) is 5.32 Å². The smallest absolute Gasteiger partial charge is 0.316 e. The maximum absolute atomic E-state index is 13.6. The predicted molar refractivity (Wildman–Crippen MR) is 164 cm³/mol. The Kier molecular flexibility index (Phi) is 15.4. The molecule has 48 heavy (non-hydrogen) atoms. The number of guanidine groups is 1. The number of hydrogen-bond acceptors (Lipinski definition) is 15. The van der Waals surface area contributed by atoms with E-state index in [-0.39, 0.29) is 18.8 Å². The molecule has 0 spiro atoms. The number of nitrogens with two attached hydrogens (primary N) is 4. The van der Waals surface area contributed by atoms with Gasteiger partial charge in [0.1, 0.15) is 29.9 Å². The van der Waals surface area contributed by atoms with Gasteiger partial charge in [0.25, 0.3) is 5.91 Å². The van der Waals surface area contributed by atoms with Crippen LogP contribution in [0.15, 0.2) is 16.9 Å². The van der Waals surface area contributed by atoms with Gasteiger partial charge in [-0.05, 0) is 19.4 Å². The maximum atomic E-state index is 13.6. The zero-order valence-corrected chi connectivity index (χ0v) is 25.7. The van der Waals surface area contributed by atoms with Crippen molar-refractivity contribution in [3.8, 4) is 0 Å². The minimum Gasteiger partial charge on any atom is -0.394 e. The van der Waals surface area contributed by atoms with Crippen LogP contribution in [-0.4, -0.2) is 132 Å². The zero-order chi connectivity index (χ0) is 36.0. The SMILES string of the molecule is NCCC[C@H](N)CC(=O)N[C@H]1CNC(=O)[C@@H](C2C[C@H](O)N=C(N)N2)NC(=O)/C(=C/NC(N)=O)NC(=O)[C@H](CO)NC(=O)[C@H](CO)NC1=O. The Hall–Kier alpha value is -5.10. The number of aliphatic imine (C=N–C) groups is 1. The van der Waals surface area contributed by atoms with Crippen LogP contribution in [-0.2, 0) is 28.8 Å². The maximum Gasteiger partial charge on any atom is 0.316 e. The molecule has 0 saturated carbocycles. The third kappa shape index (κ3) is 12.3. The molecule has 2 rings (SSSR count). The summed E-state index contributed by atoms with van der Waals surface area (Å²) in [6.45, 7) is -2.36. The molecule has 8 amide bonds. The van der Waals surface area contributed by atoms with Crippen molar-refractivity contribution in [1.29, 1.82) is 0 Å². The van der Waals surface area contributed by atoms with Crippen LogP contribution < -0.4 is 65.5 Å². The molecular formula is C25H43N13O10. The van der Waals surface area contributed by atoms with Gasteiger partial charge in [-0.3, -0.25) is 28.8 Å². The Morgan fingerprint density at radius 1 is 0.979 bits per heavy atom. The van der Waals surface area contributed by atoms with Gasteiger partial charge in [-0.1, -0.05) is 0 Å². The molecule has 0 aromatic rings. The topological polar surface area (TPSA) is 393 Å². The average molecular weight is 686 g/mol. The number of rotatable bonds is 10. The van der Waals surface area contributed by atoms with Gasteiger partial charge in [0.2, 0.25) is 29.5 Å². The lowest BCUT2D eigenvalue weighted by Crippen LogP contribution is -2.64. The minimum atomic E-state index is -1.78. The number of urea groups is 1. The number of aliphatic hydroxyl groups excluding tert-OH is 3. The van der Waals surface area contributed by atoms with Gasteiger partial charge < -0.3 is 80.8 Å². The average Bonchev–Trinajstić information content (AvgIpc) is 3.02. The number of aliphatic hydroxyl groups is 3. The summed E-state index contributed by atoms with van der Waals surface area (Å²) in [5.41, 5.74) is 21.5. The molecule has 7 atom stereocenters. The van der Waals surface area contributed by atoms with E-state index in [1.54, 1.807) is 0 Å². The molecule has 19 N–H and O–H groups in total. The van der Waals surface area contributed by atoms with Crippen molar-refractivity contribution in [2.45, 2.75) is 68.2 Å². The van der Waals surface area contributed by atoms with Crippen LogP contribution >= 0.6 is 0 Å². The highest BCUT2D eigenvalue weighted by Gasteiger charge is 2.37. The Labute approximate surface area is 273 Å². The summed E-state index contributed by atoms with van der Waals surface area (Å²) in [6, 6.07) is -9.66. The summed E-state index contributed by atoms with van der Waals surface area (Å²) < 4.78 is 0. The van der Waals surface area contributed by atoms with Crippen LogP contribution in [0, 0.1) is 0 Å². The van der Waals surface area contributed by atoms with Gasteiger partial charge in [-0.15, -0.1) is 0 Å². The predicted octanol–water partition coefficient (Wildman–Crippen LogP) is -8.88. The summed E-state index contributed by atoms with van der Waals surface area (Å²) in [7, 11) is 0.